The van der Waals surface area contributed by atoms with Crippen molar-refractivity contribution in [3.05, 3.63) is 65.9 Å². The zero-order valence-corrected chi connectivity index (χ0v) is 14.8. The lowest BCUT2D eigenvalue weighted by atomic mass is 10.0. The fourth-order valence-electron chi connectivity index (χ4n) is 2.85. The van der Waals surface area contributed by atoms with E-state index in [4.69, 9.17) is 4.42 Å². The molecule has 0 aliphatic rings. The van der Waals surface area contributed by atoms with Gasteiger partial charge in [-0.05, 0) is 23.3 Å². The lowest BCUT2D eigenvalue weighted by Gasteiger charge is -2.21. The van der Waals surface area contributed by atoms with Crippen LogP contribution in [0.15, 0.2) is 53.1 Å². The molecule has 1 aromatic heterocycles. The van der Waals surface area contributed by atoms with E-state index in [-0.39, 0.29) is 18.1 Å². The van der Waals surface area contributed by atoms with Crippen LogP contribution in [0.2, 0.25) is 0 Å². The normalized spacial score (nSPS) is 10.7. The second kappa shape index (κ2) is 7.82. The summed E-state index contributed by atoms with van der Waals surface area (Å²) in [5.74, 6) is -0.365. The maximum atomic E-state index is 13.1. The van der Waals surface area contributed by atoms with Gasteiger partial charge in [-0.3, -0.25) is 4.79 Å². The van der Waals surface area contributed by atoms with Crippen LogP contribution in [0.5, 0.6) is 0 Å². The lowest BCUT2D eigenvalue weighted by Crippen LogP contribution is -2.31. The third-order valence-electron chi connectivity index (χ3n) is 4.07. The number of esters is 1. The molecule has 0 saturated carbocycles. The predicted molar refractivity (Wildman–Crippen MR) is 96.8 cm³/mol. The Morgan fingerprint density at radius 3 is 2.69 bits per heavy atom. The second-order valence-corrected chi connectivity index (χ2v) is 5.87. The van der Waals surface area contributed by atoms with Crippen molar-refractivity contribution in [3.8, 4) is 0 Å². The number of carbonyl (C=O) groups excluding carboxylic acids is 2. The summed E-state index contributed by atoms with van der Waals surface area (Å²) >= 11 is 0. The lowest BCUT2D eigenvalue weighted by molar-refractivity contribution is 0.0594. The van der Waals surface area contributed by atoms with Gasteiger partial charge in [0.05, 0.1) is 13.7 Å². The molecule has 0 unspecified atom stereocenters. The topological polar surface area (TPSA) is 72.6 Å². The van der Waals surface area contributed by atoms with Gasteiger partial charge in [-0.15, -0.1) is 0 Å². The number of benzene rings is 2. The molecule has 2 aromatic carbocycles. The Labute approximate surface area is 151 Å². The highest BCUT2D eigenvalue weighted by Gasteiger charge is 2.21. The van der Waals surface area contributed by atoms with E-state index in [9.17, 15) is 9.59 Å². The van der Waals surface area contributed by atoms with E-state index in [1.807, 2.05) is 49.4 Å². The van der Waals surface area contributed by atoms with Crippen molar-refractivity contribution in [1.82, 2.24) is 9.88 Å². The number of rotatable bonds is 6. The third-order valence-corrected chi connectivity index (χ3v) is 4.07. The average Bonchev–Trinajstić information content (AvgIpc) is 3.14. The van der Waals surface area contributed by atoms with Crippen LogP contribution in [0.1, 0.15) is 40.1 Å². The van der Waals surface area contributed by atoms with Crippen molar-refractivity contribution in [3.63, 3.8) is 0 Å². The second-order valence-electron chi connectivity index (χ2n) is 5.87. The molecule has 0 aliphatic heterocycles. The number of methoxy groups -OCH3 is 1. The Morgan fingerprint density at radius 1 is 1.15 bits per heavy atom. The molecule has 0 radical (unpaired) electrons. The quantitative estimate of drug-likeness (QED) is 0.633. The van der Waals surface area contributed by atoms with Gasteiger partial charge >= 0.3 is 5.97 Å². The Hall–Kier alpha value is -3.15. The summed E-state index contributed by atoms with van der Waals surface area (Å²) in [5, 5.41) is 1.92. The van der Waals surface area contributed by atoms with Gasteiger partial charge in [0.15, 0.2) is 5.69 Å². The van der Waals surface area contributed by atoms with Crippen LogP contribution in [0.3, 0.4) is 0 Å². The first-order chi connectivity index (χ1) is 12.6. The number of aromatic nitrogens is 1. The van der Waals surface area contributed by atoms with Crippen molar-refractivity contribution in [2.24, 2.45) is 0 Å². The number of fused-ring (bicyclic) bond motifs is 1. The monoisotopic (exact) mass is 352 g/mol. The third kappa shape index (κ3) is 3.59. The van der Waals surface area contributed by atoms with Gasteiger partial charge in [-0.1, -0.05) is 43.3 Å². The molecule has 1 amide bonds. The summed E-state index contributed by atoms with van der Waals surface area (Å²) in [6.45, 7) is 2.74. The molecule has 3 aromatic rings. The molecule has 6 heteroatoms. The maximum Gasteiger partial charge on any atom is 0.360 e. The molecule has 134 valence electrons. The molecule has 0 aliphatic carbocycles. The molecule has 0 N–H and O–H groups in total. The number of nitrogens with zero attached hydrogens (tertiary/aromatic N) is 2. The first-order valence-electron chi connectivity index (χ1n) is 8.43. The smallest absolute Gasteiger partial charge is 0.360 e. The predicted octanol–water partition coefficient (Wildman–Crippen LogP) is 3.67. The number of carbonyl (C=O) groups is 2. The molecule has 0 spiro atoms. The van der Waals surface area contributed by atoms with Crippen LogP contribution in [0.4, 0.5) is 0 Å². The van der Waals surface area contributed by atoms with E-state index >= 15 is 0 Å². The number of hydrogen-bond donors (Lipinski definition) is 0. The van der Waals surface area contributed by atoms with Gasteiger partial charge in [0, 0.05) is 12.1 Å². The van der Waals surface area contributed by atoms with Crippen LogP contribution in [0.25, 0.3) is 10.8 Å². The zero-order chi connectivity index (χ0) is 18.5. The van der Waals surface area contributed by atoms with Crippen LogP contribution in [0, 0.1) is 0 Å². The van der Waals surface area contributed by atoms with E-state index in [1.54, 1.807) is 4.90 Å². The van der Waals surface area contributed by atoms with Crippen LogP contribution in [-0.2, 0) is 11.3 Å². The summed E-state index contributed by atoms with van der Waals surface area (Å²) in [6.07, 6.45) is 2.04. The summed E-state index contributed by atoms with van der Waals surface area (Å²) in [5.41, 5.74) is 0.729. The van der Waals surface area contributed by atoms with E-state index in [0.29, 0.717) is 18.0 Å². The molecule has 0 atom stereocenters. The molecular formula is C20H20N2O4. The van der Waals surface area contributed by atoms with Crippen molar-refractivity contribution < 1.29 is 18.7 Å². The van der Waals surface area contributed by atoms with Crippen molar-refractivity contribution in [1.29, 1.82) is 0 Å². The number of ether oxygens (including phenoxy) is 1. The fourth-order valence-corrected chi connectivity index (χ4v) is 2.85. The fraction of sp³-hybridized carbons (Fsp3) is 0.250. The Morgan fingerprint density at radius 2 is 1.92 bits per heavy atom. The largest absolute Gasteiger partial charge is 0.464 e. The SMILES string of the molecule is CCCN(Cc1nc(C(=O)OC)co1)C(=O)c1cccc2ccccc12. The Balaban J connectivity index is 1.88. The first-order valence-corrected chi connectivity index (χ1v) is 8.43. The van der Waals surface area contributed by atoms with E-state index in [0.717, 1.165) is 17.2 Å². The van der Waals surface area contributed by atoms with E-state index in [1.165, 1.54) is 13.4 Å². The molecular weight excluding hydrogens is 332 g/mol. The summed E-state index contributed by atoms with van der Waals surface area (Å²) in [7, 11) is 1.28. The molecule has 3 rings (SSSR count). The highest BCUT2D eigenvalue weighted by atomic mass is 16.5. The van der Waals surface area contributed by atoms with Gasteiger partial charge < -0.3 is 14.1 Å². The van der Waals surface area contributed by atoms with Gasteiger partial charge in [0.2, 0.25) is 5.89 Å². The minimum Gasteiger partial charge on any atom is -0.464 e. The minimum atomic E-state index is -0.567. The molecule has 0 saturated heterocycles. The Bertz CT molecular complexity index is 927. The van der Waals surface area contributed by atoms with Gasteiger partial charge in [-0.25, -0.2) is 9.78 Å². The zero-order valence-electron chi connectivity index (χ0n) is 14.8. The highest BCUT2D eigenvalue weighted by Crippen LogP contribution is 2.21. The Kier molecular flexibility index (Phi) is 5.31. The minimum absolute atomic E-state index is 0.0940. The summed E-state index contributed by atoms with van der Waals surface area (Å²) < 4.78 is 9.96. The van der Waals surface area contributed by atoms with Crippen molar-refractivity contribution >= 4 is 22.6 Å². The van der Waals surface area contributed by atoms with E-state index < -0.39 is 5.97 Å². The van der Waals surface area contributed by atoms with Gasteiger partial charge in [0.25, 0.3) is 5.91 Å². The standard InChI is InChI=1S/C20H20N2O4/c1-3-11-22(12-18-21-17(13-26-18)20(24)25-2)19(23)16-10-6-8-14-7-4-5-9-15(14)16/h4-10,13H,3,11-12H2,1-2H3. The number of oxazole rings is 1. The van der Waals surface area contributed by atoms with Crippen molar-refractivity contribution in [2.75, 3.05) is 13.7 Å². The molecule has 0 fully saturated rings. The molecule has 0 bridgehead atoms. The number of hydrogen-bond acceptors (Lipinski definition) is 5. The highest BCUT2D eigenvalue weighted by molar-refractivity contribution is 6.07. The molecule has 1 heterocycles. The summed E-state index contributed by atoms with van der Waals surface area (Å²) in [4.78, 5) is 30.4. The van der Waals surface area contributed by atoms with Crippen LogP contribution >= 0.6 is 0 Å². The van der Waals surface area contributed by atoms with Gasteiger partial charge in [0.1, 0.15) is 6.26 Å². The summed E-state index contributed by atoms with van der Waals surface area (Å²) in [6, 6.07) is 13.5. The maximum absolute atomic E-state index is 13.1. The first kappa shape index (κ1) is 17.7. The average molecular weight is 352 g/mol. The molecule has 6 nitrogen and oxygen atoms in total. The van der Waals surface area contributed by atoms with Crippen molar-refractivity contribution in [2.45, 2.75) is 19.9 Å². The number of amides is 1. The van der Waals surface area contributed by atoms with Crippen LogP contribution < -0.4 is 0 Å². The van der Waals surface area contributed by atoms with Gasteiger partial charge in [-0.2, -0.15) is 0 Å². The molecule has 26 heavy (non-hydrogen) atoms. The van der Waals surface area contributed by atoms with E-state index in [2.05, 4.69) is 9.72 Å². The van der Waals surface area contributed by atoms with Crippen LogP contribution in [-0.4, -0.2) is 35.4 Å².